The summed E-state index contributed by atoms with van der Waals surface area (Å²) in [7, 11) is 0. The zero-order valence-corrected chi connectivity index (χ0v) is 11.3. The van der Waals surface area contributed by atoms with Crippen LogP contribution >= 0.6 is 0 Å². The summed E-state index contributed by atoms with van der Waals surface area (Å²) in [5, 5.41) is 0. The first-order valence-electron chi connectivity index (χ1n) is 6.18. The topological polar surface area (TPSA) is 44.9 Å². The third kappa shape index (κ3) is 3.67. The SMILES string of the molecule is CCN1CCN(C(N)=NC(C)(C)C)CC1C. The van der Waals surface area contributed by atoms with Gasteiger partial charge in [0, 0.05) is 25.7 Å². The van der Waals surface area contributed by atoms with Crippen molar-refractivity contribution in [3.05, 3.63) is 0 Å². The van der Waals surface area contributed by atoms with Crippen molar-refractivity contribution >= 4 is 5.96 Å². The molecule has 94 valence electrons. The quantitative estimate of drug-likeness (QED) is 0.538. The van der Waals surface area contributed by atoms with Crippen molar-refractivity contribution in [3.63, 3.8) is 0 Å². The van der Waals surface area contributed by atoms with Crippen LogP contribution in [-0.4, -0.2) is 53.5 Å². The van der Waals surface area contributed by atoms with Crippen molar-refractivity contribution in [2.24, 2.45) is 10.7 Å². The van der Waals surface area contributed by atoms with E-state index in [2.05, 4.69) is 49.4 Å². The smallest absolute Gasteiger partial charge is 0.191 e. The van der Waals surface area contributed by atoms with Gasteiger partial charge in [-0.2, -0.15) is 0 Å². The number of aliphatic imine (C=N–C) groups is 1. The fraction of sp³-hybridized carbons (Fsp3) is 0.917. The van der Waals surface area contributed by atoms with Gasteiger partial charge in [-0.05, 0) is 34.2 Å². The third-order valence-electron chi connectivity index (χ3n) is 2.95. The lowest BCUT2D eigenvalue weighted by atomic mass is 10.1. The van der Waals surface area contributed by atoms with Crippen molar-refractivity contribution in [3.8, 4) is 0 Å². The van der Waals surface area contributed by atoms with Crippen LogP contribution in [0.3, 0.4) is 0 Å². The highest BCUT2D eigenvalue weighted by atomic mass is 15.3. The fourth-order valence-corrected chi connectivity index (χ4v) is 2.09. The largest absolute Gasteiger partial charge is 0.370 e. The third-order valence-corrected chi connectivity index (χ3v) is 2.95. The molecule has 4 nitrogen and oxygen atoms in total. The van der Waals surface area contributed by atoms with E-state index in [1.807, 2.05) is 0 Å². The predicted octanol–water partition coefficient (Wildman–Crippen LogP) is 1.13. The van der Waals surface area contributed by atoms with E-state index in [0.717, 1.165) is 26.2 Å². The minimum Gasteiger partial charge on any atom is -0.370 e. The molecule has 2 N–H and O–H groups in total. The molecule has 1 aliphatic rings. The van der Waals surface area contributed by atoms with Crippen molar-refractivity contribution in [2.75, 3.05) is 26.2 Å². The number of guanidine groups is 1. The van der Waals surface area contributed by atoms with E-state index >= 15 is 0 Å². The van der Waals surface area contributed by atoms with Gasteiger partial charge >= 0.3 is 0 Å². The van der Waals surface area contributed by atoms with Gasteiger partial charge in [-0.15, -0.1) is 0 Å². The molecule has 0 aliphatic carbocycles. The second-order valence-corrected chi connectivity index (χ2v) is 5.56. The van der Waals surface area contributed by atoms with Gasteiger partial charge in [0.05, 0.1) is 5.54 Å². The van der Waals surface area contributed by atoms with Gasteiger partial charge in [0.25, 0.3) is 0 Å². The Morgan fingerprint density at radius 3 is 2.44 bits per heavy atom. The summed E-state index contributed by atoms with van der Waals surface area (Å²) >= 11 is 0. The first-order chi connectivity index (χ1) is 7.33. The summed E-state index contributed by atoms with van der Waals surface area (Å²) in [6.07, 6.45) is 0. The van der Waals surface area contributed by atoms with E-state index in [0.29, 0.717) is 12.0 Å². The molecule has 0 aromatic carbocycles. The Morgan fingerprint density at radius 2 is 2.00 bits per heavy atom. The van der Waals surface area contributed by atoms with Crippen LogP contribution in [0.1, 0.15) is 34.6 Å². The van der Waals surface area contributed by atoms with Gasteiger partial charge in [0.1, 0.15) is 0 Å². The maximum Gasteiger partial charge on any atom is 0.191 e. The Labute approximate surface area is 99.5 Å². The summed E-state index contributed by atoms with van der Waals surface area (Å²) in [6, 6.07) is 0.562. The van der Waals surface area contributed by atoms with Crippen LogP contribution in [0.15, 0.2) is 4.99 Å². The highest BCUT2D eigenvalue weighted by Gasteiger charge is 2.24. The number of hydrogen-bond acceptors (Lipinski definition) is 2. The summed E-state index contributed by atoms with van der Waals surface area (Å²) in [4.78, 5) is 9.19. The Bertz CT molecular complexity index is 254. The van der Waals surface area contributed by atoms with Gasteiger partial charge < -0.3 is 10.6 Å². The fourth-order valence-electron chi connectivity index (χ4n) is 2.09. The lowest BCUT2D eigenvalue weighted by Crippen LogP contribution is -2.55. The molecule has 0 aromatic rings. The predicted molar refractivity (Wildman–Crippen MR) is 69.7 cm³/mol. The van der Waals surface area contributed by atoms with Crippen LogP contribution in [0, 0.1) is 0 Å². The van der Waals surface area contributed by atoms with Gasteiger partial charge in [0.15, 0.2) is 5.96 Å². The molecule has 1 saturated heterocycles. The zero-order valence-electron chi connectivity index (χ0n) is 11.3. The van der Waals surface area contributed by atoms with Gasteiger partial charge in [-0.25, -0.2) is 4.99 Å². The molecule has 1 heterocycles. The van der Waals surface area contributed by atoms with E-state index in [-0.39, 0.29) is 5.54 Å². The van der Waals surface area contributed by atoms with Gasteiger partial charge in [-0.1, -0.05) is 6.92 Å². The standard InChI is InChI=1S/C12H26N4/c1-6-15-7-8-16(9-10(15)2)11(13)14-12(3,4)5/h10H,6-9H2,1-5H3,(H2,13,14). The molecular formula is C12H26N4. The second kappa shape index (κ2) is 5.04. The Hall–Kier alpha value is -0.770. The summed E-state index contributed by atoms with van der Waals surface area (Å²) in [5.74, 6) is 0.690. The van der Waals surface area contributed by atoms with Crippen molar-refractivity contribution in [2.45, 2.75) is 46.2 Å². The summed E-state index contributed by atoms with van der Waals surface area (Å²) in [6.45, 7) is 14.9. The monoisotopic (exact) mass is 226 g/mol. The van der Waals surface area contributed by atoms with Crippen molar-refractivity contribution in [1.29, 1.82) is 0 Å². The minimum absolute atomic E-state index is 0.0881. The molecule has 1 atom stereocenters. The molecule has 1 rings (SSSR count). The lowest BCUT2D eigenvalue weighted by Gasteiger charge is -2.40. The van der Waals surface area contributed by atoms with Crippen LogP contribution in [0.2, 0.25) is 0 Å². The van der Waals surface area contributed by atoms with Gasteiger partial charge in [-0.3, -0.25) is 4.90 Å². The molecule has 0 amide bonds. The number of nitrogens with two attached hydrogens (primary N) is 1. The van der Waals surface area contributed by atoms with Crippen LogP contribution in [0.4, 0.5) is 0 Å². The highest BCUT2D eigenvalue weighted by Crippen LogP contribution is 2.11. The van der Waals surface area contributed by atoms with Crippen LogP contribution in [0.5, 0.6) is 0 Å². The average molecular weight is 226 g/mol. The van der Waals surface area contributed by atoms with Crippen LogP contribution < -0.4 is 5.73 Å². The Balaban J connectivity index is 2.61. The van der Waals surface area contributed by atoms with E-state index in [1.165, 1.54) is 0 Å². The van der Waals surface area contributed by atoms with Crippen LogP contribution in [0.25, 0.3) is 0 Å². The number of piperazine rings is 1. The number of nitrogens with zero attached hydrogens (tertiary/aromatic N) is 3. The van der Waals surface area contributed by atoms with Crippen molar-refractivity contribution < 1.29 is 0 Å². The molecule has 1 aliphatic heterocycles. The molecule has 4 heteroatoms. The molecule has 1 fully saturated rings. The van der Waals surface area contributed by atoms with Crippen molar-refractivity contribution in [1.82, 2.24) is 9.80 Å². The molecule has 0 bridgehead atoms. The normalized spacial score (nSPS) is 24.9. The molecular weight excluding hydrogens is 200 g/mol. The molecule has 0 aromatic heterocycles. The maximum atomic E-state index is 6.04. The number of hydrogen-bond donors (Lipinski definition) is 1. The average Bonchev–Trinajstić information content (AvgIpc) is 2.15. The molecule has 0 saturated carbocycles. The zero-order chi connectivity index (χ0) is 12.3. The minimum atomic E-state index is -0.0881. The molecule has 16 heavy (non-hydrogen) atoms. The lowest BCUT2D eigenvalue weighted by molar-refractivity contribution is 0.128. The molecule has 0 spiro atoms. The van der Waals surface area contributed by atoms with E-state index < -0.39 is 0 Å². The maximum absolute atomic E-state index is 6.04. The number of likely N-dealkylation sites (N-methyl/N-ethyl adjacent to an activating group) is 1. The van der Waals surface area contributed by atoms with Crippen LogP contribution in [-0.2, 0) is 0 Å². The second-order valence-electron chi connectivity index (χ2n) is 5.56. The summed E-state index contributed by atoms with van der Waals surface area (Å²) in [5.41, 5.74) is 5.95. The molecule has 1 unspecified atom stereocenters. The first kappa shape index (κ1) is 13.3. The van der Waals surface area contributed by atoms with Gasteiger partial charge in [0.2, 0.25) is 0 Å². The summed E-state index contributed by atoms with van der Waals surface area (Å²) < 4.78 is 0. The van der Waals surface area contributed by atoms with E-state index in [4.69, 9.17) is 5.73 Å². The van der Waals surface area contributed by atoms with E-state index in [9.17, 15) is 0 Å². The Kier molecular flexibility index (Phi) is 4.19. The first-order valence-corrected chi connectivity index (χ1v) is 6.18. The Morgan fingerprint density at radius 1 is 1.38 bits per heavy atom. The van der Waals surface area contributed by atoms with E-state index in [1.54, 1.807) is 0 Å². The number of rotatable bonds is 1. The molecule has 0 radical (unpaired) electrons. The highest BCUT2D eigenvalue weighted by molar-refractivity contribution is 5.78.